The Labute approximate surface area is 80.7 Å². The van der Waals surface area contributed by atoms with Gasteiger partial charge in [0.15, 0.2) is 0 Å². The molecule has 0 radical (unpaired) electrons. The smallest absolute Gasteiger partial charge is 0.0480 e. The maximum absolute atomic E-state index is 8.76. The molecule has 3 nitrogen and oxygen atoms in total. The molecule has 1 saturated heterocycles. The van der Waals surface area contributed by atoms with Crippen molar-refractivity contribution in [2.24, 2.45) is 0 Å². The van der Waals surface area contributed by atoms with E-state index in [1.807, 2.05) is 0 Å². The standard InChI is InChI=1S/C10H21NO2/c1-2-11(6-3-7-12)10-4-8-13-9-5-10/h10,12H,2-9H2,1H3. The Bertz CT molecular complexity index is 124. The average molecular weight is 187 g/mol. The first kappa shape index (κ1) is 11.0. The summed E-state index contributed by atoms with van der Waals surface area (Å²) >= 11 is 0. The Morgan fingerprint density at radius 2 is 2.08 bits per heavy atom. The Morgan fingerprint density at radius 1 is 1.38 bits per heavy atom. The fourth-order valence-electron chi connectivity index (χ4n) is 1.92. The predicted octanol–water partition coefficient (Wildman–Crippen LogP) is 0.870. The summed E-state index contributed by atoms with van der Waals surface area (Å²) in [6.45, 7) is 6.41. The van der Waals surface area contributed by atoms with Crippen molar-refractivity contribution < 1.29 is 9.84 Å². The summed E-state index contributed by atoms with van der Waals surface area (Å²) in [7, 11) is 0. The van der Waals surface area contributed by atoms with Gasteiger partial charge >= 0.3 is 0 Å². The zero-order valence-corrected chi connectivity index (χ0v) is 8.54. The summed E-state index contributed by atoms with van der Waals surface area (Å²) < 4.78 is 5.32. The van der Waals surface area contributed by atoms with E-state index in [4.69, 9.17) is 9.84 Å². The fraction of sp³-hybridized carbons (Fsp3) is 1.00. The van der Waals surface area contributed by atoms with Crippen LogP contribution >= 0.6 is 0 Å². The molecular weight excluding hydrogens is 166 g/mol. The molecule has 1 N–H and O–H groups in total. The zero-order chi connectivity index (χ0) is 9.52. The second kappa shape index (κ2) is 6.35. The quantitative estimate of drug-likeness (QED) is 0.693. The second-order valence-corrected chi connectivity index (χ2v) is 3.55. The number of hydrogen-bond acceptors (Lipinski definition) is 3. The minimum Gasteiger partial charge on any atom is -0.396 e. The molecule has 0 amide bonds. The zero-order valence-electron chi connectivity index (χ0n) is 8.54. The summed E-state index contributed by atoms with van der Waals surface area (Å²) in [6.07, 6.45) is 3.20. The van der Waals surface area contributed by atoms with Gasteiger partial charge in [-0.2, -0.15) is 0 Å². The SMILES string of the molecule is CCN(CCCO)C1CCOCC1. The van der Waals surface area contributed by atoms with Crippen molar-refractivity contribution in [2.45, 2.75) is 32.2 Å². The molecule has 78 valence electrons. The molecule has 1 heterocycles. The van der Waals surface area contributed by atoms with Crippen molar-refractivity contribution in [3.05, 3.63) is 0 Å². The number of rotatable bonds is 5. The molecule has 0 aliphatic carbocycles. The third kappa shape index (κ3) is 3.63. The summed E-state index contributed by atoms with van der Waals surface area (Å²) in [6, 6.07) is 0.685. The Morgan fingerprint density at radius 3 is 2.62 bits per heavy atom. The van der Waals surface area contributed by atoms with Crippen LogP contribution in [0.1, 0.15) is 26.2 Å². The maximum Gasteiger partial charge on any atom is 0.0480 e. The molecule has 3 heteroatoms. The summed E-state index contributed by atoms with van der Waals surface area (Å²) in [5, 5.41) is 8.76. The number of aliphatic hydroxyl groups excluding tert-OH is 1. The first-order valence-electron chi connectivity index (χ1n) is 5.31. The number of aliphatic hydroxyl groups is 1. The van der Waals surface area contributed by atoms with E-state index in [2.05, 4.69) is 11.8 Å². The van der Waals surface area contributed by atoms with E-state index in [-0.39, 0.29) is 0 Å². The summed E-state index contributed by atoms with van der Waals surface area (Å²) in [5.74, 6) is 0. The van der Waals surface area contributed by atoms with E-state index in [9.17, 15) is 0 Å². The van der Waals surface area contributed by atoms with Gasteiger partial charge in [-0.15, -0.1) is 0 Å². The molecule has 13 heavy (non-hydrogen) atoms. The van der Waals surface area contributed by atoms with E-state index < -0.39 is 0 Å². The van der Waals surface area contributed by atoms with E-state index in [0.29, 0.717) is 12.6 Å². The lowest BCUT2D eigenvalue weighted by atomic mass is 10.1. The molecule has 0 aromatic carbocycles. The van der Waals surface area contributed by atoms with Gasteiger partial charge in [-0.3, -0.25) is 0 Å². The average Bonchev–Trinajstić information content (AvgIpc) is 2.21. The van der Waals surface area contributed by atoms with Crippen LogP contribution in [-0.2, 0) is 4.74 Å². The van der Waals surface area contributed by atoms with E-state index in [1.165, 1.54) is 0 Å². The third-order valence-electron chi connectivity index (χ3n) is 2.72. The van der Waals surface area contributed by atoms with Gasteiger partial charge in [-0.25, -0.2) is 0 Å². The highest BCUT2D eigenvalue weighted by molar-refractivity contribution is 4.73. The molecule has 1 aliphatic heterocycles. The number of ether oxygens (including phenoxy) is 1. The molecule has 0 bridgehead atoms. The molecule has 0 atom stereocenters. The van der Waals surface area contributed by atoms with Crippen LogP contribution in [0.5, 0.6) is 0 Å². The predicted molar refractivity (Wildman–Crippen MR) is 52.8 cm³/mol. The highest BCUT2D eigenvalue weighted by atomic mass is 16.5. The van der Waals surface area contributed by atoms with Crippen molar-refractivity contribution in [1.82, 2.24) is 4.90 Å². The third-order valence-corrected chi connectivity index (χ3v) is 2.72. The highest BCUT2D eigenvalue weighted by Crippen LogP contribution is 2.14. The summed E-state index contributed by atoms with van der Waals surface area (Å²) in [4.78, 5) is 2.46. The van der Waals surface area contributed by atoms with E-state index in [1.54, 1.807) is 0 Å². The molecule has 1 aliphatic rings. The van der Waals surface area contributed by atoms with Crippen molar-refractivity contribution in [2.75, 3.05) is 32.9 Å². The molecule has 0 aromatic rings. The van der Waals surface area contributed by atoms with Gasteiger partial charge in [0.2, 0.25) is 0 Å². The van der Waals surface area contributed by atoms with Crippen LogP contribution in [0.3, 0.4) is 0 Å². The van der Waals surface area contributed by atoms with Crippen molar-refractivity contribution in [3.63, 3.8) is 0 Å². The van der Waals surface area contributed by atoms with Crippen LogP contribution in [-0.4, -0.2) is 49.0 Å². The molecule has 0 saturated carbocycles. The van der Waals surface area contributed by atoms with Gasteiger partial charge in [0.25, 0.3) is 0 Å². The number of hydrogen-bond donors (Lipinski definition) is 1. The van der Waals surface area contributed by atoms with E-state index >= 15 is 0 Å². The van der Waals surface area contributed by atoms with Crippen LogP contribution in [0.15, 0.2) is 0 Å². The Balaban J connectivity index is 2.26. The first-order chi connectivity index (χ1) is 6.38. The molecule has 0 unspecified atom stereocenters. The maximum atomic E-state index is 8.76. The molecule has 0 spiro atoms. The number of nitrogens with zero attached hydrogens (tertiary/aromatic N) is 1. The lowest BCUT2D eigenvalue weighted by Gasteiger charge is -2.33. The first-order valence-corrected chi connectivity index (χ1v) is 5.31. The van der Waals surface area contributed by atoms with Crippen molar-refractivity contribution >= 4 is 0 Å². The molecular formula is C10H21NO2. The van der Waals surface area contributed by atoms with Crippen molar-refractivity contribution in [3.8, 4) is 0 Å². The largest absolute Gasteiger partial charge is 0.396 e. The lowest BCUT2D eigenvalue weighted by Crippen LogP contribution is -2.40. The van der Waals surface area contributed by atoms with Gasteiger partial charge in [0, 0.05) is 32.4 Å². The highest BCUT2D eigenvalue weighted by Gasteiger charge is 2.19. The van der Waals surface area contributed by atoms with Crippen LogP contribution in [0.4, 0.5) is 0 Å². The van der Waals surface area contributed by atoms with E-state index in [0.717, 1.165) is 45.6 Å². The topological polar surface area (TPSA) is 32.7 Å². The second-order valence-electron chi connectivity index (χ2n) is 3.55. The Hall–Kier alpha value is -0.120. The minimum atomic E-state index is 0.305. The molecule has 1 fully saturated rings. The van der Waals surface area contributed by atoms with Gasteiger partial charge in [0.05, 0.1) is 0 Å². The normalized spacial score (nSPS) is 19.6. The van der Waals surface area contributed by atoms with Gasteiger partial charge in [-0.1, -0.05) is 6.92 Å². The minimum absolute atomic E-state index is 0.305. The molecule has 1 rings (SSSR count). The Kier molecular flexibility index (Phi) is 5.35. The van der Waals surface area contributed by atoms with Crippen LogP contribution in [0, 0.1) is 0 Å². The van der Waals surface area contributed by atoms with Crippen LogP contribution in [0.25, 0.3) is 0 Å². The lowest BCUT2D eigenvalue weighted by molar-refractivity contribution is 0.0339. The van der Waals surface area contributed by atoms with Crippen LogP contribution < -0.4 is 0 Å². The fourth-order valence-corrected chi connectivity index (χ4v) is 1.92. The van der Waals surface area contributed by atoms with Gasteiger partial charge in [0.1, 0.15) is 0 Å². The van der Waals surface area contributed by atoms with Gasteiger partial charge in [-0.05, 0) is 25.8 Å². The van der Waals surface area contributed by atoms with Crippen molar-refractivity contribution in [1.29, 1.82) is 0 Å². The van der Waals surface area contributed by atoms with Gasteiger partial charge < -0.3 is 14.7 Å². The molecule has 0 aromatic heterocycles. The monoisotopic (exact) mass is 187 g/mol. The summed E-state index contributed by atoms with van der Waals surface area (Å²) in [5.41, 5.74) is 0. The van der Waals surface area contributed by atoms with Crippen LogP contribution in [0.2, 0.25) is 0 Å².